The Balaban J connectivity index is 1.86. The summed E-state index contributed by atoms with van der Waals surface area (Å²) < 4.78 is 38.0. The fourth-order valence-corrected chi connectivity index (χ4v) is 2.97. The van der Waals surface area contributed by atoms with E-state index in [4.69, 9.17) is 0 Å². The van der Waals surface area contributed by atoms with Crippen LogP contribution in [0.1, 0.15) is 23.4 Å². The summed E-state index contributed by atoms with van der Waals surface area (Å²) >= 11 is 1.51. The van der Waals surface area contributed by atoms with Crippen molar-refractivity contribution in [2.45, 2.75) is 19.1 Å². The Bertz CT molecular complexity index is 797. The molecular weight excluding hydrogens is 385 g/mol. The number of nitrogens with zero attached hydrogens (tertiary/aromatic N) is 1. The number of benzene rings is 1. The van der Waals surface area contributed by atoms with Gasteiger partial charge in [0.05, 0.1) is 16.5 Å². The van der Waals surface area contributed by atoms with Crippen LogP contribution >= 0.6 is 11.3 Å². The Hall–Kier alpha value is -2.82. The molecule has 0 saturated carbocycles. The van der Waals surface area contributed by atoms with Gasteiger partial charge in [-0.15, -0.1) is 11.3 Å². The molecule has 146 valence electrons. The van der Waals surface area contributed by atoms with E-state index in [0.717, 1.165) is 17.0 Å². The highest BCUT2D eigenvalue weighted by atomic mass is 32.1. The first-order valence-electron chi connectivity index (χ1n) is 7.85. The lowest BCUT2D eigenvalue weighted by atomic mass is 10.1. The van der Waals surface area contributed by atoms with Crippen LogP contribution in [0.15, 0.2) is 35.7 Å². The van der Waals surface area contributed by atoms with Crippen molar-refractivity contribution < 1.29 is 22.9 Å². The number of urea groups is 1. The van der Waals surface area contributed by atoms with Gasteiger partial charge in [-0.1, -0.05) is 6.07 Å². The van der Waals surface area contributed by atoms with Gasteiger partial charge in [-0.3, -0.25) is 10.1 Å². The molecule has 0 bridgehead atoms. The quantitative estimate of drug-likeness (QED) is 0.368. The average Bonchev–Trinajstić information content (AvgIpc) is 3.12. The number of hydrogen-bond acceptors (Lipinski definition) is 5. The van der Waals surface area contributed by atoms with Gasteiger partial charge in [0, 0.05) is 24.0 Å². The normalized spacial score (nSPS) is 12.3. The monoisotopic (exact) mass is 402 g/mol. The highest BCUT2D eigenvalue weighted by Gasteiger charge is 2.33. The van der Waals surface area contributed by atoms with Crippen molar-refractivity contribution in [3.63, 3.8) is 0 Å². The van der Waals surface area contributed by atoms with E-state index in [1.54, 1.807) is 0 Å². The second kappa shape index (κ2) is 8.71. The summed E-state index contributed by atoms with van der Waals surface area (Å²) in [7, 11) is 0. The first kappa shape index (κ1) is 20.5. The molecule has 0 spiro atoms. The van der Waals surface area contributed by atoms with Gasteiger partial charge in [0.2, 0.25) is 0 Å². The van der Waals surface area contributed by atoms with Crippen LogP contribution in [-0.4, -0.2) is 24.0 Å². The molecule has 7 nitrogen and oxygen atoms in total. The predicted octanol–water partition coefficient (Wildman–Crippen LogP) is 4.15. The van der Waals surface area contributed by atoms with E-state index >= 15 is 0 Å². The van der Waals surface area contributed by atoms with Crippen molar-refractivity contribution in [1.29, 1.82) is 0 Å². The number of alkyl halides is 3. The van der Waals surface area contributed by atoms with Crippen LogP contribution in [0.4, 0.5) is 29.3 Å². The second-order valence-electron chi connectivity index (χ2n) is 5.55. The molecule has 0 saturated heterocycles. The lowest BCUT2D eigenvalue weighted by Gasteiger charge is -2.14. The fraction of sp³-hybridized carbons (Fsp3) is 0.312. The largest absolute Gasteiger partial charge is 0.416 e. The Morgan fingerprint density at radius 1 is 1.30 bits per heavy atom. The third kappa shape index (κ3) is 5.84. The van der Waals surface area contributed by atoms with Gasteiger partial charge in [0.15, 0.2) is 0 Å². The van der Waals surface area contributed by atoms with Crippen molar-refractivity contribution in [3.05, 3.63) is 56.3 Å². The van der Waals surface area contributed by atoms with E-state index in [1.807, 2.05) is 24.4 Å². The van der Waals surface area contributed by atoms with Crippen LogP contribution < -0.4 is 16.0 Å². The van der Waals surface area contributed by atoms with Crippen molar-refractivity contribution >= 4 is 28.7 Å². The highest BCUT2D eigenvalue weighted by molar-refractivity contribution is 7.10. The molecule has 1 aromatic heterocycles. The SMILES string of the molecule is CC(NC(=O)NCCNc1ccc(C(F)(F)F)cc1[N+](=O)[O-])c1cccs1. The minimum atomic E-state index is -4.66. The summed E-state index contributed by atoms with van der Waals surface area (Å²) in [6, 6.07) is 5.41. The molecule has 1 atom stereocenters. The van der Waals surface area contributed by atoms with Crippen LogP contribution in [0.5, 0.6) is 0 Å². The van der Waals surface area contributed by atoms with Crippen molar-refractivity contribution in [2.75, 3.05) is 18.4 Å². The summed E-state index contributed by atoms with van der Waals surface area (Å²) in [4.78, 5) is 22.9. The molecule has 11 heteroatoms. The lowest BCUT2D eigenvalue weighted by molar-refractivity contribution is -0.384. The molecule has 2 amide bonds. The van der Waals surface area contributed by atoms with Crippen LogP contribution in [0.25, 0.3) is 0 Å². The number of carbonyl (C=O) groups excluding carboxylic acids is 1. The smallest absolute Gasteiger partial charge is 0.378 e. The summed E-state index contributed by atoms with van der Waals surface area (Å²) in [5, 5.41) is 20.9. The standard InChI is InChI=1S/C16H17F3N4O3S/c1-10(14-3-2-8-27-14)22-15(24)21-7-6-20-12-5-4-11(16(17,18)19)9-13(12)23(25)26/h2-5,8-10,20H,6-7H2,1H3,(H2,21,22,24). The summed E-state index contributed by atoms with van der Waals surface area (Å²) in [5.74, 6) is 0. The number of nitrogens with one attached hydrogen (secondary N) is 3. The van der Waals surface area contributed by atoms with Gasteiger partial charge in [-0.2, -0.15) is 13.2 Å². The number of hydrogen-bond donors (Lipinski definition) is 3. The van der Waals surface area contributed by atoms with E-state index in [2.05, 4.69) is 16.0 Å². The molecule has 27 heavy (non-hydrogen) atoms. The topological polar surface area (TPSA) is 96.3 Å². The number of halogens is 3. The second-order valence-corrected chi connectivity index (χ2v) is 6.53. The summed E-state index contributed by atoms with van der Waals surface area (Å²) in [6.07, 6.45) is -4.66. The van der Waals surface area contributed by atoms with E-state index in [0.29, 0.717) is 6.07 Å². The van der Waals surface area contributed by atoms with Crippen molar-refractivity contribution in [1.82, 2.24) is 10.6 Å². The van der Waals surface area contributed by atoms with Gasteiger partial charge >= 0.3 is 12.2 Å². The van der Waals surface area contributed by atoms with Gasteiger partial charge in [0.25, 0.3) is 5.69 Å². The Morgan fingerprint density at radius 3 is 2.63 bits per heavy atom. The third-order valence-corrected chi connectivity index (χ3v) is 4.62. The Labute approximate surface area is 156 Å². The van der Waals surface area contributed by atoms with Crippen molar-refractivity contribution in [3.8, 4) is 0 Å². The molecule has 1 aromatic carbocycles. The number of rotatable bonds is 7. The van der Waals surface area contributed by atoms with E-state index < -0.39 is 28.4 Å². The van der Waals surface area contributed by atoms with Crippen molar-refractivity contribution in [2.24, 2.45) is 0 Å². The molecule has 0 aliphatic carbocycles. The Kier molecular flexibility index (Phi) is 6.61. The number of amides is 2. The average molecular weight is 402 g/mol. The van der Waals surface area contributed by atoms with Crippen LogP contribution in [0.2, 0.25) is 0 Å². The lowest BCUT2D eigenvalue weighted by Crippen LogP contribution is -2.39. The maximum Gasteiger partial charge on any atom is 0.416 e. The zero-order valence-corrected chi connectivity index (χ0v) is 15.0. The molecule has 2 aromatic rings. The van der Waals surface area contributed by atoms with Gasteiger partial charge < -0.3 is 16.0 Å². The first-order valence-corrected chi connectivity index (χ1v) is 8.73. The minimum Gasteiger partial charge on any atom is -0.378 e. The van der Waals surface area contributed by atoms with Crippen LogP contribution in [0.3, 0.4) is 0 Å². The van der Waals surface area contributed by atoms with Gasteiger partial charge in [-0.05, 0) is 30.5 Å². The number of carbonyl (C=O) groups is 1. The summed E-state index contributed by atoms with van der Waals surface area (Å²) in [5.41, 5.74) is -1.83. The van der Waals surface area contributed by atoms with Crippen LogP contribution in [-0.2, 0) is 6.18 Å². The van der Waals surface area contributed by atoms with Gasteiger partial charge in [0.1, 0.15) is 5.69 Å². The molecule has 0 aliphatic heterocycles. The fourth-order valence-electron chi connectivity index (χ4n) is 2.24. The molecular formula is C16H17F3N4O3S. The third-order valence-electron chi connectivity index (χ3n) is 3.57. The number of thiophene rings is 1. The molecule has 0 fully saturated rings. The highest BCUT2D eigenvalue weighted by Crippen LogP contribution is 2.34. The van der Waals surface area contributed by atoms with Crippen LogP contribution in [0, 0.1) is 10.1 Å². The zero-order chi connectivity index (χ0) is 20.0. The summed E-state index contributed by atoms with van der Waals surface area (Å²) in [6.45, 7) is 2.06. The first-order chi connectivity index (χ1) is 12.7. The van der Waals surface area contributed by atoms with E-state index in [-0.39, 0.29) is 24.8 Å². The number of nitro groups is 1. The maximum atomic E-state index is 12.7. The molecule has 2 rings (SSSR count). The molecule has 1 unspecified atom stereocenters. The molecule has 0 radical (unpaired) electrons. The molecule has 0 aliphatic rings. The number of nitro benzene ring substituents is 1. The number of anilines is 1. The molecule has 1 heterocycles. The maximum absolute atomic E-state index is 12.7. The van der Waals surface area contributed by atoms with E-state index in [9.17, 15) is 28.1 Å². The Morgan fingerprint density at radius 2 is 2.04 bits per heavy atom. The van der Waals surface area contributed by atoms with Gasteiger partial charge in [-0.25, -0.2) is 4.79 Å². The van der Waals surface area contributed by atoms with E-state index in [1.165, 1.54) is 11.3 Å². The minimum absolute atomic E-state index is 0.0536. The zero-order valence-electron chi connectivity index (χ0n) is 14.2. The molecule has 3 N–H and O–H groups in total. The predicted molar refractivity (Wildman–Crippen MR) is 95.9 cm³/mol.